The van der Waals surface area contributed by atoms with Gasteiger partial charge < -0.3 is 14.4 Å². The number of hydrogen-bond acceptors (Lipinski definition) is 6. The maximum absolute atomic E-state index is 6.50. The van der Waals surface area contributed by atoms with Crippen LogP contribution in [0, 0.1) is 0 Å². The van der Waals surface area contributed by atoms with Crippen molar-refractivity contribution in [2.75, 3.05) is 18.0 Å². The van der Waals surface area contributed by atoms with E-state index in [2.05, 4.69) is 134 Å². The first kappa shape index (κ1) is 31.0. The smallest absolute Gasteiger partial charge is 0.150 e. The predicted molar refractivity (Wildman–Crippen MR) is 167 cm³/mol. The van der Waals surface area contributed by atoms with Crippen LogP contribution in [-0.4, -0.2) is 64.5 Å². The van der Waals surface area contributed by atoms with Crippen molar-refractivity contribution in [1.82, 2.24) is 14.8 Å². The number of anilines is 1. The van der Waals surface area contributed by atoms with Crippen LogP contribution in [0.15, 0.2) is 36.4 Å². The number of hydrogen-bond donors (Lipinski definition) is 0. The summed E-state index contributed by atoms with van der Waals surface area (Å²) < 4.78 is 12.9. The molecule has 0 bridgehead atoms. The van der Waals surface area contributed by atoms with E-state index < -0.39 is 0 Å². The summed E-state index contributed by atoms with van der Waals surface area (Å²) in [5.41, 5.74) is 0.947. The number of ether oxygens (including phenoxy) is 2. The number of aromatic nitrogens is 1. The van der Waals surface area contributed by atoms with E-state index in [9.17, 15) is 0 Å². The quantitative estimate of drug-likeness (QED) is 0.163. The monoisotopic (exact) mass is 536 g/mol. The van der Waals surface area contributed by atoms with Crippen molar-refractivity contribution in [3.63, 3.8) is 0 Å². The van der Waals surface area contributed by atoms with Gasteiger partial charge in [-0.05, 0) is 119 Å². The molecule has 0 radical (unpaired) electrons. The fourth-order valence-corrected chi connectivity index (χ4v) is 6.25. The molecule has 216 valence electrons. The average molecular weight is 537 g/mol. The second-order valence-electron chi connectivity index (χ2n) is 11.7. The third-order valence-corrected chi connectivity index (χ3v) is 7.62. The van der Waals surface area contributed by atoms with Crippen LogP contribution < -0.4 is 14.4 Å². The Labute approximate surface area is 237 Å². The zero-order valence-corrected chi connectivity index (χ0v) is 26.4. The molecule has 39 heavy (non-hydrogen) atoms. The van der Waals surface area contributed by atoms with Crippen LogP contribution in [0.1, 0.15) is 83.1 Å². The lowest BCUT2D eigenvalue weighted by Crippen LogP contribution is -2.46. The van der Waals surface area contributed by atoms with E-state index in [-0.39, 0.29) is 12.5 Å². The minimum Gasteiger partial charge on any atom is -0.475 e. The molecule has 3 aromatic rings. The highest BCUT2D eigenvalue weighted by Gasteiger charge is 2.24. The van der Waals surface area contributed by atoms with Crippen LogP contribution in [-0.2, 0) is 0 Å². The zero-order chi connectivity index (χ0) is 29.0. The van der Waals surface area contributed by atoms with Crippen molar-refractivity contribution in [1.29, 1.82) is 0 Å². The fraction of sp³-hybridized carbons (Fsp3) is 0.606. The Balaban J connectivity index is 2.07. The number of nitrogens with zero attached hydrogens (tertiary/aromatic N) is 4. The Kier molecular flexibility index (Phi) is 10.5. The highest BCUT2D eigenvalue weighted by Crippen LogP contribution is 2.36. The molecule has 2 unspecified atom stereocenters. The molecule has 3 rings (SSSR count). The molecule has 1 aromatic heterocycles. The van der Waals surface area contributed by atoms with Gasteiger partial charge in [0.1, 0.15) is 29.8 Å². The standard InChI is InChI=1S/C33H52N4O2/c1-13-35(14-2)33-31-19-27(38-25(11)36(21(3)4)22(5)6)15-17-29(31)30-18-16-28(20-32(30)34-33)39-26(12)37(23(7)8)24(9)10/h15-26H,13-14H2,1-12H3. The number of rotatable bonds is 13. The van der Waals surface area contributed by atoms with Gasteiger partial charge in [0.2, 0.25) is 0 Å². The fourth-order valence-electron chi connectivity index (χ4n) is 6.25. The Hall–Kier alpha value is -2.57. The third kappa shape index (κ3) is 6.96. The summed E-state index contributed by atoms with van der Waals surface area (Å²) in [7, 11) is 0. The van der Waals surface area contributed by atoms with E-state index in [0.717, 1.165) is 46.7 Å². The van der Waals surface area contributed by atoms with Gasteiger partial charge in [-0.25, -0.2) is 4.98 Å². The van der Waals surface area contributed by atoms with Gasteiger partial charge in [0.25, 0.3) is 0 Å². The highest BCUT2D eigenvalue weighted by molar-refractivity contribution is 6.10. The van der Waals surface area contributed by atoms with Crippen molar-refractivity contribution in [3.8, 4) is 11.5 Å². The molecule has 0 aliphatic heterocycles. The van der Waals surface area contributed by atoms with Gasteiger partial charge in [0.15, 0.2) is 0 Å². The molecule has 6 nitrogen and oxygen atoms in total. The normalized spacial score (nSPS) is 14.0. The van der Waals surface area contributed by atoms with Crippen LogP contribution in [0.3, 0.4) is 0 Å². The topological polar surface area (TPSA) is 41.1 Å². The van der Waals surface area contributed by atoms with Crippen LogP contribution in [0.25, 0.3) is 21.7 Å². The minimum atomic E-state index is -0.0388. The number of pyridine rings is 1. The van der Waals surface area contributed by atoms with Crippen LogP contribution >= 0.6 is 0 Å². The van der Waals surface area contributed by atoms with Gasteiger partial charge in [-0.1, -0.05) is 0 Å². The van der Waals surface area contributed by atoms with E-state index >= 15 is 0 Å². The number of benzene rings is 2. The predicted octanol–water partition coefficient (Wildman–Crippen LogP) is 7.92. The summed E-state index contributed by atoms with van der Waals surface area (Å²) in [5, 5.41) is 3.41. The Bertz CT molecular complexity index is 1200. The first-order valence-electron chi connectivity index (χ1n) is 14.9. The molecule has 6 heteroatoms. The molecule has 0 aliphatic carbocycles. The summed E-state index contributed by atoms with van der Waals surface area (Å²) in [6.45, 7) is 28.1. The molecule has 1 heterocycles. The summed E-state index contributed by atoms with van der Waals surface area (Å²) >= 11 is 0. The van der Waals surface area contributed by atoms with E-state index in [1.807, 2.05) is 0 Å². The minimum absolute atomic E-state index is 0.0364. The molecule has 2 atom stereocenters. The van der Waals surface area contributed by atoms with Gasteiger partial charge in [-0.3, -0.25) is 9.80 Å². The highest BCUT2D eigenvalue weighted by atomic mass is 16.5. The SMILES string of the molecule is CCN(CC)c1nc2cc(OC(C)N(C(C)C)C(C)C)ccc2c2ccc(OC(C)N(C(C)C)C(C)C)cc12. The maximum atomic E-state index is 6.50. The first-order valence-corrected chi connectivity index (χ1v) is 14.9. The summed E-state index contributed by atoms with van der Waals surface area (Å²) in [4.78, 5) is 12.3. The summed E-state index contributed by atoms with van der Waals surface area (Å²) in [5.74, 6) is 2.70. The second-order valence-corrected chi connectivity index (χ2v) is 11.7. The van der Waals surface area contributed by atoms with E-state index in [4.69, 9.17) is 14.5 Å². The lowest BCUT2D eigenvalue weighted by molar-refractivity contribution is -0.00586. The summed E-state index contributed by atoms with van der Waals surface area (Å²) in [6.07, 6.45) is -0.0752. The first-order chi connectivity index (χ1) is 18.4. The molecule has 0 amide bonds. The van der Waals surface area contributed by atoms with E-state index in [1.54, 1.807) is 0 Å². The Morgan fingerprint density at radius 2 is 1.03 bits per heavy atom. The van der Waals surface area contributed by atoms with Crippen molar-refractivity contribution < 1.29 is 9.47 Å². The van der Waals surface area contributed by atoms with Crippen molar-refractivity contribution in [2.24, 2.45) is 0 Å². The van der Waals surface area contributed by atoms with Crippen molar-refractivity contribution in [2.45, 2.75) is 120 Å². The molecule has 0 N–H and O–H groups in total. The van der Waals surface area contributed by atoms with E-state index in [0.29, 0.717) is 24.2 Å². The van der Waals surface area contributed by atoms with Crippen molar-refractivity contribution >= 4 is 27.5 Å². The average Bonchev–Trinajstić information content (AvgIpc) is 2.83. The Morgan fingerprint density at radius 1 is 0.590 bits per heavy atom. The van der Waals surface area contributed by atoms with Crippen LogP contribution in [0.4, 0.5) is 5.82 Å². The zero-order valence-electron chi connectivity index (χ0n) is 26.4. The summed E-state index contributed by atoms with van der Waals surface area (Å²) in [6, 6.07) is 14.3. The van der Waals surface area contributed by atoms with Crippen molar-refractivity contribution in [3.05, 3.63) is 36.4 Å². The molecular formula is C33H52N4O2. The molecule has 0 saturated heterocycles. The largest absolute Gasteiger partial charge is 0.475 e. The molecule has 0 spiro atoms. The maximum Gasteiger partial charge on any atom is 0.150 e. The van der Waals surface area contributed by atoms with Gasteiger partial charge in [-0.2, -0.15) is 0 Å². The van der Waals surface area contributed by atoms with Crippen LogP contribution in [0.2, 0.25) is 0 Å². The molecule has 0 fully saturated rings. The molecule has 2 aromatic carbocycles. The molecule has 0 aliphatic rings. The van der Waals surface area contributed by atoms with Gasteiger partial charge in [-0.15, -0.1) is 0 Å². The Morgan fingerprint density at radius 3 is 1.46 bits per heavy atom. The van der Waals surface area contributed by atoms with Gasteiger partial charge >= 0.3 is 0 Å². The van der Waals surface area contributed by atoms with Crippen LogP contribution in [0.5, 0.6) is 11.5 Å². The molecular weight excluding hydrogens is 484 g/mol. The molecule has 0 saturated carbocycles. The second kappa shape index (κ2) is 13.2. The van der Waals surface area contributed by atoms with Gasteiger partial charge in [0, 0.05) is 54.1 Å². The van der Waals surface area contributed by atoms with E-state index in [1.165, 1.54) is 5.39 Å². The van der Waals surface area contributed by atoms with Gasteiger partial charge in [0.05, 0.1) is 5.52 Å². The third-order valence-electron chi connectivity index (χ3n) is 7.62. The number of fused-ring (bicyclic) bond motifs is 3. The lowest BCUT2D eigenvalue weighted by atomic mass is 10.0. The lowest BCUT2D eigenvalue weighted by Gasteiger charge is -2.36.